The van der Waals surface area contributed by atoms with Crippen LogP contribution in [0.25, 0.3) is 0 Å². The van der Waals surface area contributed by atoms with Crippen molar-refractivity contribution in [2.75, 3.05) is 13.1 Å². The first-order valence-corrected chi connectivity index (χ1v) is 6.16. The number of hydrogen-bond donors (Lipinski definition) is 1. The third kappa shape index (κ3) is 2.80. The van der Waals surface area contributed by atoms with Crippen molar-refractivity contribution in [1.82, 2.24) is 9.88 Å². The number of aryl methyl sites for hydroxylation is 1. The number of hydrogen-bond acceptors (Lipinski definition) is 3. The summed E-state index contributed by atoms with van der Waals surface area (Å²) < 4.78 is 0. The molecule has 1 aliphatic heterocycles. The Morgan fingerprint density at radius 3 is 3.06 bits per heavy atom. The Labute approximate surface area is 97.7 Å². The zero-order chi connectivity index (χ0) is 11.4. The smallest absolute Gasteiger partial charge is 0.0547 e. The number of nitrogens with two attached hydrogens (primary N) is 1. The number of nitrogens with zero attached hydrogens (tertiary/aromatic N) is 2. The highest BCUT2D eigenvalue weighted by Gasteiger charge is 2.21. The van der Waals surface area contributed by atoms with Crippen LogP contribution in [0.4, 0.5) is 0 Å². The monoisotopic (exact) mass is 219 g/mol. The van der Waals surface area contributed by atoms with Gasteiger partial charge in [-0.15, -0.1) is 0 Å². The Kier molecular flexibility index (Phi) is 3.91. The maximum atomic E-state index is 5.82. The van der Waals surface area contributed by atoms with Crippen molar-refractivity contribution in [3.63, 3.8) is 0 Å². The molecule has 2 N–H and O–H groups in total. The molecule has 0 bridgehead atoms. The predicted molar refractivity (Wildman–Crippen MR) is 66.1 cm³/mol. The molecule has 2 heterocycles. The van der Waals surface area contributed by atoms with Gasteiger partial charge in [-0.3, -0.25) is 9.88 Å². The standard InChI is InChI=1S/C13H21N3/c1-11-5-4-6-12(15-11)10-16-8-3-2-7-13(16)9-14/h4-6,13H,2-3,7-10,14H2,1H3. The van der Waals surface area contributed by atoms with Gasteiger partial charge < -0.3 is 5.73 Å². The molecule has 3 heteroatoms. The van der Waals surface area contributed by atoms with Gasteiger partial charge in [-0.1, -0.05) is 12.5 Å². The van der Waals surface area contributed by atoms with Crippen LogP contribution in [0.3, 0.4) is 0 Å². The van der Waals surface area contributed by atoms with Crippen molar-refractivity contribution < 1.29 is 0 Å². The van der Waals surface area contributed by atoms with Crippen LogP contribution in [0.2, 0.25) is 0 Å². The molecular weight excluding hydrogens is 198 g/mol. The molecule has 88 valence electrons. The number of piperidine rings is 1. The molecule has 0 aliphatic carbocycles. The lowest BCUT2D eigenvalue weighted by Gasteiger charge is -2.34. The molecule has 0 saturated carbocycles. The minimum Gasteiger partial charge on any atom is -0.329 e. The van der Waals surface area contributed by atoms with E-state index in [2.05, 4.69) is 22.0 Å². The van der Waals surface area contributed by atoms with Gasteiger partial charge in [0.25, 0.3) is 0 Å². The van der Waals surface area contributed by atoms with Gasteiger partial charge in [-0.25, -0.2) is 0 Å². The first-order valence-electron chi connectivity index (χ1n) is 6.16. The van der Waals surface area contributed by atoms with Gasteiger partial charge in [-0.05, 0) is 38.4 Å². The van der Waals surface area contributed by atoms with Crippen molar-refractivity contribution in [1.29, 1.82) is 0 Å². The predicted octanol–water partition coefficient (Wildman–Crippen LogP) is 1.70. The number of likely N-dealkylation sites (tertiary alicyclic amines) is 1. The van der Waals surface area contributed by atoms with Crippen LogP contribution in [0, 0.1) is 6.92 Å². The molecule has 1 unspecified atom stereocenters. The third-order valence-electron chi connectivity index (χ3n) is 3.33. The van der Waals surface area contributed by atoms with Crippen LogP contribution in [0.1, 0.15) is 30.7 Å². The lowest BCUT2D eigenvalue weighted by atomic mass is 10.0. The fourth-order valence-electron chi connectivity index (χ4n) is 2.43. The minimum atomic E-state index is 0.552. The third-order valence-corrected chi connectivity index (χ3v) is 3.33. The van der Waals surface area contributed by atoms with Gasteiger partial charge in [0.2, 0.25) is 0 Å². The second kappa shape index (κ2) is 5.41. The van der Waals surface area contributed by atoms with Crippen molar-refractivity contribution in [2.24, 2.45) is 5.73 Å². The first-order chi connectivity index (χ1) is 7.79. The Hall–Kier alpha value is -0.930. The molecule has 0 spiro atoms. The van der Waals surface area contributed by atoms with E-state index in [4.69, 9.17) is 5.73 Å². The van der Waals surface area contributed by atoms with Gasteiger partial charge in [0.05, 0.1) is 5.69 Å². The van der Waals surface area contributed by atoms with Crippen LogP contribution in [0.15, 0.2) is 18.2 Å². The molecule has 16 heavy (non-hydrogen) atoms. The van der Waals surface area contributed by atoms with Crippen LogP contribution >= 0.6 is 0 Å². The second-order valence-corrected chi connectivity index (χ2v) is 4.63. The molecule has 1 aromatic heterocycles. The molecule has 0 radical (unpaired) electrons. The van der Waals surface area contributed by atoms with E-state index in [1.54, 1.807) is 0 Å². The van der Waals surface area contributed by atoms with Crippen molar-refractivity contribution in [3.05, 3.63) is 29.6 Å². The van der Waals surface area contributed by atoms with Crippen LogP contribution in [-0.4, -0.2) is 29.0 Å². The summed E-state index contributed by atoms with van der Waals surface area (Å²) in [5.41, 5.74) is 8.08. The van der Waals surface area contributed by atoms with Crippen molar-refractivity contribution >= 4 is 0 Å². The quantitative estimate of drug-likeness (QED) is 0.841. The van der Waals surface area contributed by atoms with E-state index >= 15 is 0 Å². The minimum absolute atomic E-state index is 0.552. The Bertz CT molecular complexity index is 338. The Morgan fingerprint density at radius 2 is 2.31 bits per heavy atom. The lowest BCUT2D eigenvalue weighted by molar-refractivity contribution is 0.143. The molecule has 2 rings (SSSR count). The summed E-state index contributed by atoms with van der Waals surface area (Å²) in [7, 11) is 0. The van der Waals surface area contributed by atoms with Gasteiger partial charge in [0.15, 0.2) is 0 Å². The molecule has 3 nitrogen and oxygen atoms in total. The van der Waals surface area contributed by atoms with E-state index in [0.29, 0.717) is 6.04 Å². The molecule has 0 amide bonds. The SMILES string of the molecule is Cc1cccc(CN2CCCCC2CN)n1. The zero-order valence-corrected chi connectivity index (χ0v) is 10.0. The summed E-state index contributed by atoms with van der Waals surface area (Å²) in [5.74, 6) is 0. The molecule has 1 aliphatic rings. The summed E-state index contributed by atoms with van der Waals surface area (Å²) in [4.78, 5) is 7.03. The number of aromatic nitrogens is 1. The Balaban J connectivity index is 2.02. The van der Waals surface area contributed by atoms with E-state index in [1.165, 1.54) is 25.0 Å². The molecular formula is C13H21N3. The van der Waals surface area contributed by atoms with Crippen LogP contribution < -0.4 is 5.73 Å². The van der Waals surface area contributed by atoms with Crippen molar-refractivity contribution in [3.8, 4) is 0 Å². The molecule has 1 atom stereocenters. The fourth-order valence-corrected chi connectivity index (χ4v) is 2.43. The summed E-state index contributed by atoms with van der Waals surface area (Å²) in [6.45, 7) is 4.92. The lowest BCUT2D eigenvalue weighted by Crippen LogP contribution is -2.43. The van der Waals surface area contributed by atoms with E-state index in [1.807, 2.05) is 13.0 Å². The maximum absolute atomic E-state index is 5.82. The summed E-state index contributed by atoms with van der Waals surface area (Å²) in [6.07, 6.45) is 3.85. The average molecular weight is 219 g/mol. The van der Waals surface area contributed by atoms with Gasteiger partial charge in [0.1, 0.15) is 0 Å². The van der Waals surface area contributed by atoms with Crippen LogP contribution in [-0.2, 0) is 6.54 Å². The molecule has 0 aromatic carbocycles. The van der Waals surface area contributed by atoms with E-state index in [0.717, 1.165) is 25.3 Å². The number of rotatable bonds is 3. The fraction of sp³-hybridized carbons (Fsp3) is 0.615. The highest BCUT2D eigenvalue weighted by molar-refractivity contribution is 5.10. The molecule has 1 fully saturated rings. The molecule has 1 aromatic rings. The second-order valence-electron chi connectivity index (χ2n) is 4.63. The summed E-state index contributed by atoms with van der Waals surface area (Å²) in [6, 6.07) is 6.78. The van der Waals surface area contributed by atoms with E-state index in [9.17, 15) is 0 Å². The van der Waals surface area contributed by atoms with E-state index in [-0.39, 0.29) is 0 Å². The zero-order valence-electron chi connectivity index (χ0n) is 10.0. The topological polar surface area (TPSA) is 42.1 Å². The van der Waals surface area contributed by atoms with Gasteiger partial charge >= 0.3 is 0 Å². The number of pyridine rings is 1. The van der Waals surface area contributed by atoms with E-state index < -0.39 is 0 Å². The first kappa shape index (κ1) is 11.6. The van der Waals surface area contributed by atoms with Gasteiger partial charge in [0, 0.05) is 24.8 Å². The van der Waals surface area contributed by atoms with Gasteiger partial charge in [-0.2, -0.15) is 0 Å². The normalized spacial score (nSPS) is 22.2. The largest absolute Gasteiger partial charge is 0.329 e. The summed E-state index contributed by atoms with van der Waals surface area (Å²) in [5, 5.41) is 0. The van der Waals surface area contributed by atoms with Crippen molar-refractivity contribution in [2.45, 2.75) is 38.8 Å². The molecule has 1 saturated heterocycles. The summed E-state index contributed by atoms with van der Waals surface area (Å²) >= 11 is 0. The maximum Gasteiger partial charge on any atom is 0.0547 e. The highest BCUT2D eigenvalue weighted by atomic mass is 15.2. The average Bonchev–Trinajstić information content (AvgIpc) is 2.30. The van der Waals surface area contributed by atoms with Crippen LogP contribution in [0.5, 0.6) is 0 Å². The Morgan fingerprint density at radius 1 is 1.44 bits per heavy atom. The highest BCUT2D eigenvalue weighted by Crippen LogP contribution is 2.18.